The van der Waals surface area contributed by atoms with Crippen molar-refractivity contribution in [1.82, 2.24) is 9.80 Å². The molecule has 0 saturated carbocycles. The van der Waals surface area contributed by atoms with Crippen LogP contribution in [0.5, 0.6) is 5.75 Å². The summed E-state index contributed by atoms with van der Waals surface area (Å²) >= 11 is 2.15. The summed E-state index contributed by atoms with van der Waals surface area (Å²) in [4.78, 5) is 46.7. The van der Waals surface area contributed by atoms with Crippen LogP contribution >= 0.6 is 47.4 Å². The van der Waals surface area contributed by atoms with Crippen molar-refractivity contribution in [2.45, 2.75) is 150 Å². The van der Waals surface area contributed by atoms with E-state index in [1.54, 1.807) is 41.5 Å². The van der Waals surface area contributed by atoms with Gasteiger partial charge in [0.2, 0.25) is 0 Å². The number of alkyl halides is 4. The molecule has 5 saturated heterocycles. The molecule has 0 atom stereocenters. The van der Waals surface area contributed by atoms with Crippen LogP contribution in [0.15, 0.2) is 29.3 Å². The molecule has 6 rings (SSSR count). The van der Waals surface area contributed by atoms with Crippen molar-refractivity contribution in [3.8, 4) is 5.75 Å². The summed E-state index contributed by atoms with van der Waals surface area (Å²) in [6.45, 7) is 37.1. The van der Waals surface area contributed by atoms with Crippen molar-refractivity contribution >= 4 is 71.5 Å². The van der Waals surface area contributed by atoms with Crippen LogP contribution in [-0.2, 0) is 23.8 Å². The summed E-state index contributed by atoms with van der Waals surface area (Å²) in [6, 6.07) is 7.60. The molecule has 1 aromatic rings. The highest BCUT2D eigenvalue weighted by atomic mass is 127. The van der Waals surface area contributed by atoms with E-state index in [1.165, 1.54) is 171 Å². The molecule has 27 heteroatoms. The summed E-state index contributed by atoms with van der Waals surface area (Å²) in [5, 5.41) is 8.78. The second kappa shape index (κ2) is 52.3. The normalized spacial score (nSPS) is 17.2. The number of likely N-dealkylation sites (N-methyl/N-ethyl adjacent to an activating group) is 2. The number of carboxylic acid groups (broad SMARTS) is 1. The maximum Gasteiger partial charge on any atom is 0.519 e. The summed E-state index contributed by atoms with van der Waals surface area (Å²) in [7, 11) is 6.99. The van der Waals surface area contributed by atoms with E-state index in [1.807, 2.05) is 29.2 Å². The first kappa shape index (κ1) is 93.6. The van der Waals surface area contributed by atoms with Gasteiger partial charge >= 0.3 is 18.5 Å². The monoisotopic (exact) mass is 1500 g/mol. The van der Waals surface area contributed by atoms with Crippen LogP contribution in [0.25, 0.3) is 0 Å². The zero-order valence-corrected chi connectivity index (χ0v) is 59.9. The van der Waals surface area contributed by atoms with Crippen molar-refractivity contribution < 1.29 is 106 Å². The quantitative estimate of drug-likeness (QED) is 0.0214. The Kier molecular flexibility index (Phi) is 58.2. The first-order valence-electron chi connectivity index (χ1n) is 29.0. The van der Waals surface area contributed by atoms with Gasteiger partial charge in [0.15, 0.2) is 0 Å². The van der Waals surface area contributed by atoms with Crippen molar-refractivity contribution in [2.24, 2.45) is 28.1 Å². The Bertz CT molecular complexity index is 1720. The van der Waals surface area contributed by atoms with Gasteiger partial charge in [-0.25, -0.2) is 15.5 Å². The van der Waals surface area contributed by atoms with E-state index in [4.69, 9.17) is 47.2 Å². The van der Waals surface area contributed by atoms with Gasteiger partial charge in [-0.1, -0.05) is 36.4 Å². The highest BCUT2D eigenvalue weighted by Crippen LogP contribution is 2.19. The number of nitrogens with two attached hydrogens (primary N) is 4. The molecule has 0 aliphatic carbocycles. The molecule has 0 amide bonds. The van der Waals surface area contributed by atoms with Gasteiger partial charge in [-0.2, -0.15) is 13.2 Å². The van der Waals surface area contributed by atoms with Crippen molar-refractivity contribution in [3.05, 3.63) is 29.8 Å². The number of carboxylic acids is 1. The SMILES string of the molecule is CC(C)(C)OC(=O)OC(=O)OC(C)(C)C.CCCN1CCCC1.CCC[N+]1(C)CCCC1.CI.C[N+]1(CCN)CCCC1.C[N+]1(CCN=C(N)c2ccc(OCCON)cc2)CCCC1.Cl.Cl.NCCN1CCCC1.O=C([O-])C(F)(F)F.[Cl-].[I-]. The zero-order chi connectivity index (χ0) is 61.3. The van der Waals surface area contributed by atoms with Crippen molar-refractivity contribution in [1.29, 1.82) is 0 Å². The lowest BCUT2D eigenvalue weighted by Crippen LogP contribution is -3.00. The lowest BCUT2D eigenvalue weighted by Gasteiger charge is -2.28. The fraction of sp³-hybridized carbons (Fsp3) is 0.825. The van der Waals surface area contributed by atoms with Crippen molar-refractivity contribution in [2.75, 3.05) is 157 Å². The van der Waals surface area contributed by atoms with Gasteiger partial charge in [0.05, 0.1) is 86.6 Å². The second-order valence-electron chi connectivity index (χ2n) is 23.5. The van der Waals surface area contributed by atoms with Gasteiger partial charge in [-0.15, -0.1) is 24.8 Å². The van der Waals surface area contributed by atoms with Crippen LogP contribution in [0.1, 0.15) is 138 Å². The molecule has 1 aromatic carbocycles. The van der Waals surface area contributed by atoms with E-state index in [0.29, 0.717) is 19.0 Å². The van der Waals surface area contributed by atoms with Crippen LogP contribution in [0.4, 0.5) is 22.8 Å². The Hall–Kier alpha value is -1.54. The van der Waals surface area contributed by atoms with Gasteiger partial charge in [-0.3, -0.25) is 4.99 Å². The Morgan fingerprint density at radius 2 is 1.00 bits per heavy atom. The van der Waals surface area contributed by atoms with E-state index in [9.17, 15) is 22.8 Å². The zero-order valence-electron chi connectivity index (χ0n) is 53.2. The number of carbonyl (C=O) groups is 3. The molecule has 5 aliphatic heterocycles. The fourth-order valence-electron chi connectivity index (χ4n) is 9.37. The van der Waals surface area contributed by atoms with Crippen LogP contribution in [-0.4, -0.2) is 222 Å². The standard InChI is InChI=1S/C16H27N4O2.C10H18O5.C8H18N.C7H17N2.C7H15N.C6H14N2.C2HF3O2.CH3I.3ClH.HI/c1-20(9-2-3-10-20)11-8-19-16(17)14-4-6-15(7-5-14)21-12-13-22-18;1-9(2,3)14-7(11)13-8(12)15-10(4,5)6;1-3-6-9(2)7-4-5-8-9;1-9(7-4-8)5-2-3-6-9;1-2-5-8-6-3-4-7-8;7-3-6-8-4-1-2-5-8;3-2(4,5)1(6)7;1-2;;;;/h4-7H,2-3,8-13,18H2,1H3,(H2,17,19);1-6H3;3-8H2,1-2H3;2-8H2,1H3;2-7H2,1H3;1-7H2;(H,6,7);1H3;4*1H/q+1;;2*+1;;;;;;;;/p-3. The molecule has 84 heavy (non-hydrogen) atoms. The third-order valence-electron chi connectivity index (χ3n) is 13.5. The molecule has 0 radical (unpaired) electrons. The third-order valence-corrected chi connectivity index (χ3v) is 13.5. The number of quaternary nitrogens is 3. The molecule has 5 heterocycles. The van der Waals surface area contributed by atoms with Crippen LogP contribution in [0, 0.1) is 0 Å². The van der Waals surface area contributed by atoms with Gasteiger partial charge in [0, 0.05) is 63.7 Å². The average Bonchev–Trinajstić information content (AvgIpc) is 4.25. The maximum atomic E-state index is 11.0. The number of likely N-dealkylation sites (tertiary alicyclic amines) is 5. The summed E-state index contributed by atoms with van der Waals surface area (Å²) < 4.78 is 54.5. The average molecular weight is 1500 g/mol. The number of rotatable bonds is 16. The maximum absolute atomic E-state index is 11.0. The fourth-order valence-corrected chi connectivity index (χ4v) is 9.37. The minimum absolute atomic E-state index is 0. The summed E-state index contributed by atoms with van der Waals surface area (Å²) in [5.74, 6) is 3.29. The number of ether oxygens (including phenoxy) is 4. The number of halogens is 8. The molecule has 0 unspecified atom stereocenters. The smallest absolute Gasteiger partial charge is 0.519 e. The Morgan fingerprint density at radius 1 is 0.631 bits per heavy atom. The first-order valence-corrected chi connectivity index (χ1v) is 31.1. The predicted octanol–water partition coefficient (Wildman–Crippen LogP) is 2.33. The lowest BCUT2D eigenvalue weighted by atomic mass is 10.2. The predicted molar refractivity (Wildman–Crippen MR) is 337 cm³/mol. The number of carbonyl (C=O) groups excluding carboxylic acids is 3. The molecule has 5 fully saturated rings. The van der Waals surface area contributed by atoms with E-state index in [-0.39, 0.29) is 61.2 Å². The largest absolute Gasteiger partial charge is 1.00 e. The van der Waals surface area contributed by atoms with E-state index in [0.717, 1.165) is 48.5 Å². The Balaban J connectivity index is -0.000000217. The molecule has 0 bridgehead atoms. The summed E-state index contributed by atoms with van der Waals surface area (Å²) in [5.41, 5.74) is 16.4. The van der Waals surface area contributed by atoms with Crippen molar-refractivity contribution in [3.63, 3.8) is 0 Å². The Morgan fingerprint density at radius 3 is 1.32 bits per heavy atom. The molecule has 502 valence electrons. The highest BCUT2D eigenvalue weighted by Gasteiger charge is 2.30. The van der Waals surface area contributed by atoms with Gasteiger partial charge in [0.25, 0.3) is 0 Å². The molecule has 19 nitrogen and oxygen atoms in total. The van der Waals surface area contributed by atoms with E-state index in [2.05, 4.69) is 81.9 Å². The van der Waals surface area contributed by atoms with Crippen LogP contribution in [0.2, 0.25) is 0 Å². The second-order valence-corrected chi connectivity index (χ2v) is 23.5. The number of benzene rings is 1. The Labute approximate surface area is 554 Å². The van der Waals surface area contributed by atoms with Gasteiger partial charge in [-0.05, 0) is 142 Å². The number of aliphatic carboxylic acids is 1. The van der Waals surface area contributed by atoms with E-state index < -0.39 is 35.7 Å². The number of hydrogen-bond donors (Lipinski definition) is 4. The number of aliphatic imine (C=N–C) groups is 1. The van der Waals surface area contributed by atoms with E-state index >= 15 is 0 Å². The first-order chi connectivity index (χ1) is 37.5. The van der Waals surface area contributed by atoms with Crippen LogP contribution < -0.4 is 69.3 Å². The summed E-state index contributed by atoms with van der Waals surface area (Å²) in [6.07, 6.45) is 9.32. The molecular weight excluding hydrogens is 1390 g/mol. The number of amidine groups is 1. The highest BCUT2D eigenvalue weighted by molar-refractivity contribution is 14.1. The number of nitrogens with zero attached hydrogens (tertiary/aromatic N) is 6. The van der Waals surface area contributed by atoms with Gasteiger partial charge < -0.3 is 111 Å². The lowest BCUT2D eigenvalue weighted by molar-refractivity contribution is -0.897. The molecule has 8 N–H and O–H groups in total. The van der Waals surface area contributed by atoms with Crippen LogP contribution in [0.3, 0.4) is 0 Å². The molecule has 5 aliphatic rings. The number of hydrogen-bond acceptors (Lipinski definition) is 15. The molecular formula is C57H114Cl3F3I2N10O9. The molecule has 0 aromatic heterocycles. The minimum atomic E-state index is -5.19. The minimum Gasteiger partial charge on any atom is -1.00 e. The van der Waals surface area contributed by atoms with Gasteiger partial charge in [0.1, 0.15) is 42.0 Å². The molecule has 0 spiro atoms. The third kappa shape index (κ3) is 51.4. The topological polar surface area (TPSA) is 243 Å².